The van der Waals surface area contributed by atoms with E-state index in [2.05, 4.69) is 4.40 Å². The quantitative estimate of drug-likeness (QED) is 0.570. The minimum Gasteiger partial charge on any atom is -0.861 e. The van der Waals surface area contributed by atoms with Crippen molar-refractivity contribution in [1.29, 1.82) is 0 Å². The minimum atomic E-state index is -5.87. The van der Waals surface area contributed by atoms with E-state index in [-0.39, 0.29) is 11.8 Å². The summed E-state index contributed by atoms with van der Waals surface area (Å²) in [6, 6.07) is 0. The molecule has 20 heavy (non-hydrogen) atoms. The molecular weight excluding hydrogens is 299 g/mol. The number of fused-ring (bicyclic) bond motifs is 2. The molecule has 112 valence electrons. The molecule has 2 unspecified atom stereocenters. The summed E-state index contributed by atoms with van der Waals surface area (Å²) in [7, 11) is -5.87. The van der Waals surface area contributed by atoms with Gasteiger partial charge in [0.1, 0.15) is 0 Å². The second-order valence-electron chi connectivity index (χ2n) is 4.90. The van der Waals surface area contributed by atoms with E-state index in [0.717, 1.165) is 19.3 Å². The van der Waals surface area contributed by atoms with Crippen LogP contribution in [0.1, 0.15) is 25.7 Å². The van der Waals surface area contributed by atoms with Crippen LogP contribution in [0.25, 0.3) is 0 Å². The van der Waals surface area contributed by atoms with Gasteiger partial charge in [-0.2, -0.15) is 26.0 Å². The van der Waals surface area contributed by atoms with Crippen LogP contribution in [0.2, 0.25) is 0 Å². The van der Waals surface area contributed by atoms with E-state index in [9.17, 15) is 31.5 Å². The summed E-state index contributed by atoms with van der Waals surface area (Å²) in [5.41, 5.74) is -5.20. The van der Waals surface area contributed by atoms with Gasteiger partial charge in [0, 0.05) is 6.42 Å². The normalized spacial score (nSPS) is 26.8. The van der Waals surface area contributed by atoms with Crippen molar-refractivity contribution in [2.45, 2.75) is 31.2 Å². The van der Waals surface area contributed by atoms with Crippen LogP contribution in [-0.2, 0) is 14.8 Å². The molecule has 0 aliphatic heterocycles. The molecule has 0 saturated heterocycles. The Morgan fingerprint density at radius 2 is 2.05 bits per heavy atom. The molecule has 1 saturated carbocycles. The van der Waals surface area contributed by atoms with E-state index >= 15 is 0 Å². The summed E-state index contributed by atoms with van der Waals surface area (Å²) in [6.07, 6.45) is 3.37. The second kappa shape index (κ2) is 4.87. The number of allylic oxidation sites excluding steroid dienone is 2. The number of Topliss-reactive ketones (excluding diaryl/α,β-unsaturated/α-hetero) is 1. The average molecular weight is 310 g/mol. The fourth-order valence-electron chi connectivity index (χ4n) is 2.62. The number of sulfonamides is 1. The summed E-state index contributed by atoms with van der Waals surface area (Å²) in [6.45, 7) is 0. The molecule has 0 amide bonds. The summed E-state index contributed by atoms with van der Waals surface area (Å²) >= 11 is 0. The molecule has 1 fully saturated rings. The lowest BCUT2D eigenvalue weighted by atomic mass is 9.94. The van der Waals surface area contributed by atoms with Gasteiger partial charge in [-0.3, -0.25) is 4.79 Å². The zero-order valence-corrected chi connectivity index (χ0v) is 11.0. The summed E-state index contributed by atoms with van der Waals surface area (Å²) in [5, 5.41) is 11.2. The first kappa shape index (κ1) is 15.0. The van der Waals surface area contributed by atoms with Gasteiger partial charge >= 0.3 is 15.5 Å². The molecular formula is C11H11F3NO4S-. The van der Waals surface area contributed by atoms with Gasteiger partial charge in [0.25, 0.3) is 0 Å². The van der Waals surface area contributed by atoms with E-state index in [1.54, 1.807) is 6.08 Å². The molecule has 0 aromatic heterocycles. The highest BCUT2D eigenvalue weighted by Crippen LogP contribution is 2.44. The number of hydrogen-bond donors (Lipinski definition) is 0. The maximum absolute atomic E-state index is 12.0. The number of ketones is 1. The number of halogens is 3. The van der Waals surface area contributed by atoms with Crippen LogP contribution in [0.4, 0.5) is 13.2 Å². The molecule has 0 aromatic rings. The third kappa shape index (κ3) is 2.87. The molecule has 0 aromatic carbocycles. The molecule has 0 heterocycles. The first-order chi connectivity index (χ1) is 9.10. The zero-order valence-electron chi connectivity index (χ0n) is 10.2. The minimum absolute atomic E-state index is 0.0412. The van der Waals surface area contributed by atoms with Crippen molar-refractivity contribution in [1.82, 2.24) is 0 Å². The predicted octanol–water partition coefficient (Wildman–Crippen LogP) is 0.910. The predicted molar refractivity (Wildman–Crippen MR) is 60.9 cm³/mol. The van der Waals surface area contributed by atoms with Crippen molar-refractivity contribution < 1.29 is 31.5 Å². The molecule has 2 aliphatic rings. The van der Waals surface area contributed by atoms with Crippen molar-refractivity contribution >= 4 is 21.7 Å². The Morgan fingerprint density at radius 1 is 1.40 bits per heavy atom. The molecule has 2 rings (SSSR count). The fourth-order valence-corrected chi connectivity index (χ4v) is 3.05. The summed E-state index contributed by atoms with van der Waals surface area (Å²) < 4.78 is 59.5. The van der Waals surface area contributed by atoms with Crippen LogP contribution >= 0.6 is 0 Å². The Bertz CT molecular complexity index is 591. The highest BCUT2D eigenvalue weighted by molar-refractivity contribution is 7.91. The Labute approximate surface area is 113 Å². The Hall–Kier alpha value is -1.38. The van der Waals surface area contributed by atoms with Crippen LogP contribution in [0.15, 0.2) is 16.0 Å². The highest BCUT2D eigenvalue weighted by atomic mass is 32.2. The first-order valence-corrected chi connectivity index (χ1v) is 7.36. The van der Waals surface area contributed by atoms with Crippen LogP contribution in [0.3, 0.4) is 0 Å². The molecule has 2 aliphatic carbocycles. The largest absolute Gasteiger partial charge is 0.861 e. The van der Waals surface area contributed by atoms with Gasteiger partial charge in [-0.1, -0.05) is 6.08 Å². The van der Waals surface area contributed by atoms with Crippen LogP contribution in [0.5, 0.6) is 0 Å². The Kier molecular flexibility index (Phi) is 3.66. The van der Waals surface area contributed by atoms with E-state index in [0.29, 0.717) is 5.57 Å². The van der Waals surface area contributed by atoms with Gasteiger partial charge in [0.15, 0.2) is 5.78 Å². The van der Waals surface area contributed by atoms with Crippen molar-refractivity contribution in [3.63, 3.8) is 0 Å². The lowest BCUT2D eigenvalue weighted by Gasteiger charge is -2.15. The molecule has 9 heteroatoms. The topological polar surface area (TPSA) is 86.6 Å². The smallest absolute Gasteiger partial charge is 0.518 e. The third-order valence-electron chi connectivity index (χ3n) is 3.48. The van der Waals surface area contributed by atoms with Gasteiger partial charge in [-0.05, 0) is 42.6 Å². The van der Waals surface area contributed by atoms with E-state index in [4.69, 9.17) is 0 Å². The van der Waals surface area contributed by atoms with Gasteiger partial charge in [-0.25, -0.2) is 0 Å². The van der Waals surface area contributed by atoms with E-state index in [1.807, 2.05) is 0 Å². The standard InChI is InChI=1S/C11H12F3NO4S/c12-11(13,14)20(18,19)15-10(17)5-9(16)8-4-6-1-2-7(8)3-6/h4,6-7H,1-3,5H2,(H,15,17)/p-1. The number of carbonyl (C=O) groups is 1. The number of alkyl halides is 3. The summed E-state index contributed by atoms with van der Waals surface area (Å²) in [4.78, 5) is 11.8. The average Bonchev–Trinajstić information content (AvgIpc) is 2.87. The van der Waals surface area contributed by atoms with Crippen molar-refractivity contribution in [3.8, 4) is 0 Å². The van der Waals surface area contributed by atoms with Gasteiger partial charge in [0.2, 0.25) is 0 Å². The zero-order chi connectivity index (χ0) is 15.1. The number of nitrogens with zero attached hydrogens (tertiary/aromatic N) is 1. The van der Waals surface area contributed by atoms with Crippen molar-refractivity contribution in [2.24, 2.45) is 16.2 Å². The van der Waals surface area contributed by atoms with Crippen molar-refractivity contribution in [2.75, 3.05) is 0 Å². The Morgan fingerprint density at radius 3 is 2.50 bits per heavy atom. The Balaban J connectivity index is 2.07. The molecule has 0 spiro atoms. The van der Waals surface area contributed by atoms with Crippen molar-refractivity contribution in [3.05, 3.63) is 11.6 Å². The maximum Gasteiger partial charge on any atom is 0.518 e. The maximum atomic E-state index is 12.0. The monoisotopic (exact) mass is 310 g/mol. The van der Waals surface area contributed by atoms with E-state index in [1.165, 1.54) is 0 Å². The van der Waals surface area contributed by atoms with Gasteiger partial charge < -0.3 is 5.11 Å². The lowest BCUT2D eigenvalue weighted by molar-refractivity contribution is -0.217. The van der Waals surface area contributed by atoms with Crippen LogP contribution < -0.4 is 5.11 Å². The number of hydrogen-bond acceptors (Lipinski definition) is 4. The fraction of sp³-hybridized carbons (Fsp3) is 0.636. The third-order valence-corrected chi connectivity index (χ3v) is 4.51. The first-order valence-electron chi connectivity index (χ1n) is 5.92. The van der Waals surface area contributed by atoms with Crippen LogP contribution in [0, 0.1) is 11.8 Å². The summed E-state index contributed by atoms with van der Waals surface area (Å²) in [5.74, 6) is -1.90. The number of carbonyl (C=O) groups excluding carboxylic acids is 1. The lowest BCUT2D eigenvalue weighted by Crippen LogP contribution is -2.29. The van der Waals surface area contributed by atoms with Gasteiger partial charge in [0.05, 0.1) is 0 Å². The highest BCUT2D eigenvalue weighted by Gasteiger charge is 2.45. The molecule has 0 radical (unpaired) electrons. The molecule has 2 bridgehead atoms. The van der Waals surface area contributed by atoms with Crippen LogP contribution in [-0.4, -0.2) is 25.6 Å². The van der Waals surface area contributed by atoms with E-state index < -0.39 is 33.6 Å². The second-order valence-corrected chi connectivity index (χ2v) is 6.49. The molecule has 5 nitrogen and oxygen atoms in total. The SMILES string of the molecule is O=C(C/C([O-])=N/S(=O)(=O)C(F)(F)F)C1=CC2CCC1C2. The molecule has 0 N–H and O–H groups in total. The molecule has 2 atom stereocenters. The number of rotatable bonds is 4. The van der Waals surface area contributed by atoms with Gasteiger partial charge in [-0.15, -0.1) is 0 Å².